The van der Waals surface area contributed by atoms with E-state index in [2.05, 4.69) is 30.6 Å². The van der Waals surface area contributed by atoms with Crippen LogP contribution in [0.15, 0.2) is 64.4 Å². The largest absolute Gasteiger partial charge is 0.264 e. The first-order valence-electron chi connectivity index (χ1n) is 6.04. The van der Waals surface area contributed by atoms with Crippen molar-refractivity contribution in [1.29, 1.82) is 0 Å². The minimum Gasteiger partial charge on any atom is -0.264 e. The number of halogens is 1. The molecule has 2 aromatic heterocycles. The lowest BCUT2D eigenvalue weighted by Gasteiger charge is -2.09. The van der Waals surface area contributed by atoms with E-state index in [9.17, 15) is 8.42 Å². The molecule has 106 valence electrons. The Balaban J connectivity index is 2.09. The van der Waals surface area contributed by atoms with Crippen LogP contribution in [0.3, 0.4) is 0 Å². The van der Waals surface area contributed by atoms with Gasteiger partial charge in [-0.2, -0.15) is 0 Å². The van der Waals surface area contributed by atoms with Gasteiger partial charge in [0.05, 0.1) is 4.90 Å². The molecule has 0 unspecified atom stereocenters. The maximum atomic E-state index is 12.5. The van der Waals surface area contributed by atoms with E-state index in [1.54, 1.807) is 48.8 Å². The average Bonchev–Trinajstić information content (AvgIpc) is 2.46. The summed E-state index contributed by atoms with van der Waals surface area (Å²) in [5.41, 5.74) is 0. The third-order valence-electron chi connectivity index (χ3n) is 2.88. The standard InChI is InChI=1S/C14H10BrN3O2S/c15-13-5-2-6-14(17-13)18-21(19,20)12-4-1-3-10-9-16-8-7-11(10)12/h1-9H,(H,17,18). The number of fused-ring (bicyclic) bond motifs is 1. The van der Waals surface area contributed by atoms with Crippen molar-refractivity contribution in [3.8, 4) is 0 Å². The molecule has 5 nitrogen and oxygen atoms in total. The molecule has 0 aliphatic heterocycles. The summed E-state index contributed by atoms with van der Waals surface area (Å²) < 4.78 is 28.1. The van der Waals surface area contributed by atoms with Gasteiger partial charge in [0.15, 0.2) is 0 Å². The number of hydrogen-bond donors (Lipinski definition) is 1. The van der Waals surface area contributed by atoms with Crippen LogP contribution in [0, 0.1) is 0 Å². The highest BCUT2D eigenvalue weighted by Gasteiger charge is 2.17. The van der Waals surface area contributed by atoms with Crippen molar-refractivity contribution in [3.05, 3.63) is 59.5 Å². The first-order valence-corrected chi connectivity index (χ1v) is 8.32. The van der Waals surface area contributed by atoms with Crippen LogP contribution in [0.4, 0.5) is 5.82 Å². The Morgan fingerprint density at radius 3 is 2.67 bits per heavy atom. The second-order valence-corrected chi connectivity index (χ2v) is 6.77. The van der Waals surface area contributed by atoms with Crippen molar-refractivity contribution >= 4 is 42.5 Å². The SMILES string of the molecule is O=S(=O)(Nc1cccc(Br)n1)c1cccc2cnccc12. The minimum absolute atomic E-state index is 0.198. The van der Waals surface area contributed by atoms with Crippen LogP contribution in [0.5, 0.6) is 0 Å². The molecule has 0 aliphatic carbocycles. The lowest BCUT2D eigenvalue weighted by atomic mass is 10.2. The summed E-state index contributed by atoms with van der Waals surface area (Å²) in [5.74, 6) is 0.260. The van der Waals surface area contributed by atoms with E-state index in [0.29, 0.717) is 9.99 Å². The Bertz CT molecular complexity index is 907. The second kappa shape index (κ2) is 5.42. The van der Waals surface area contributed by atoms with Crippen molar-refractivity contribution in [2.75, 3.05) is 4.72 Å². The van der Waals surface area contributed by atoms with E-state index >= 15 is 0 Å². The number of anilines is 1. The van der Waals surface area contributed by atoms with Crippen LogP contribution < -0.4 is 4.72 Å². The second-order valence-electron chi connectivity index (χ2n) is 4.30. The average molecular weight is 364 g/mol. The van der Waals surface area contributed by atoms with E-state index in [0.717, 1.165) is 5.39 Å². The third kappa shape index (κ3) is 2.88. The quantitative estimate of drug-likeness (QED) is 0.725. The number of rotatable bonds is 3. The summed E-state index contributed by atoms with van der Waals surface area (Å²) in [7, 11) is -3.72. The highest BCUT2D eigenvalue weighted by Crippen LogP contribution is 2.24. The van der Waals surface area contributed by atoms with Crippen molar-refractivity contribution < 1.29 is 8.42 Å². The van der Waals surface area contributed by atoms with Gasteiger partial charge in [0.2, 0.25) is 0 Å². The van der Waals surface area contributed by atoms with E-state index in [1.807, 2.05) is 6.07 Å². The van der Waals surface area contributed by atoms with Gasteiger partial charge in [-0.1, -0.05) is 18.2 Å². The van der Waals surface area contributed by atoms with Gasteiger partial charge in [-0.05, 0) is 40.2 Å². The summed E-state index contributed by atoms with van der Waals surface area (Å²) in [6.07, 6.45) is 3.20. The predicted octanol–water partition coefficient (Wildman–Crippen LogP) is 3.19. The molecule has 0 aliphatic rings. The molecule has 21 heavy (non-hydrogen) atoms. The highest BCUT2D eigenvalue weighted by atomic mass is 79.9. The summed E-state index contributed by atoms with van der Waals surface area (Å²) >= 11 is 3.21. The molecular weight excluding hydrogens is 354 g/mol. The molecule has 0 saturated carbocycles. The summed E-state index contributed by atoms with van der Waals surface area (Å²) in [5, 5.41) is 1.39. The summed E-state index contributed by atoms with van der Waals surface area (Å²) in [6, 6.07) is 11.8. The van der Waals surface area contributed by atoms with Gasteiger partial charge in [0, 0.05) is 23.2 Å². The Hall–Kier alpha value is -1.99. The molecule has 0 amide bonds. The molecule has 1 aromatic carbocycles. The van der Waals surface area contributed by atoms with Gasteiger partial charge >= 0.3 is 0 Å². The van der Waals surface area contributed by atoms with Crippen molar-refractivity contribution in [1.82, 2.24) is 9.97 Å². The Morgan fingerprint density at radius 1 is 1.05 bits per heavy atom. The van der Waals surface area contributed by atoms with Crippen LogP contribution >= 0.6 is 15.9 Å². The zero-order chi connectivity index (χ0) is 14.9. The molecule has 0 spiro atoms. The van der Waals surface area contributed by atoms with Crippen LogP contribution in [-0.2, 0) is 10.0 Å². The number of aromatic nitrogens is 2. The number of nitrogens with one attached hydrogen (secondary N) is 1. The first kappa shape index (κ1) is 14.0. The zero-order valence-electron chi connectivity index (χ0n) is 10.7. The van der Waals surface area contributed by atoms with Crippen LogP contribution in [0.1, 0.15) is 0 Å². The number of benzene rings is 1. The molecule has 0 radical (unpaired) electrons. The minimum atomic E-state index is -3.72. The fourth-order valence-corrected chi connectivity index (χ4v) is 3.56. The van der Waals surface area contributed by atoms with E-state index in [1.165, 1.54) is 0 Å². The number of sulfonamides is 1. The molecule has 7 heteroatoms. The summed E-state index contributed by atoms with van der Waals surface area (Å²) in [6.45, 7) is 0. The molecule has 0 saturated heterocycles. The van der Waals surface area contributed by atoms with Crippen LogP contribution in [0.25, 0.3) is 10.8 Å². The van der Waals surface area contributed by atoms with Crippen molar-refractivity contribution in [3.63, 3.8) is 0 Å². The molecule has 1 N–H and O–H groups in total. The van der Waals surface area contributed by atoms with Gasteiger partial charge in [0.25, 0.3) is 10.0 Å². The van der Waals surface area contributed by atoms with E-state index < -0.39 is 10.0 Å². The zero-order valence-corrected chi connectivity index (χ0v) is 13.1. The van der Waals surface area contributed by atoms with Crippen LogP contribution in [-0.4, -0.2) is 18.4 Å². The maximum absolute atomic E-state index is 12.5. The Morgan fingerprint density at radius 2 is 1.86 bits per heavy atom. The smallest absolute Gasteiger partial charge is 0.263 e. The monoisotopic (exact) mass is 363 g/mol. The Labute approximate surface area is 130 Å². The highest BCUT2D eigenvalue weighted by molar-refractivity contribution is 9.10. The Kier molecular flexibility index (Phi) is 3.60. The molecule has 3 rings (SSSR count). The number of hydrogen-bond acceptors (Lipinski definition) is 4. The predicted molar refractivity (Wildman–Crippen MR) is 84.5 cm³/mol. The maximum Gasteiger partial charge on any atom is 0.263 e. The lowest BCUT2D eigenvalue weighted by Crippen LogP contribution is -2.14. The lowest BCUT2D eigenvalue weighted by molar-refractivity contribution is 0.602. The van der Waals surface area contributed by atoms with Crippen molar-refractivity contribution in [2.24, 2.45) is 0 Å². The molecule has 3 aromatic rings. The van der Waals surface area contributed by atoms with E-state index in [-0.39, 0.29) is 10.7 Å². The molecular formula is C14H10BrN3O2S. The number of nitrogens with zero attached hydrogens (tertiary/aromatic N) is 2. The van der Waals surface area contributed by atoms with Gasteiger partial charge in [0.1, 0.15) is 10.4 Å². The topological polar surface area (TPSA) is 72.0 Å². The normalized spacial score (nSPS) is 11.5. The fourth-order valence-electron chi connectivity index (χ4n) is 1.98. The molecule has 2 heterocycles. The van der Waals surface area contributed by atoms with Gasteiger partial charge in [-0.25, -0.2) is 13.4 Å². The summed E-state index contributed by atoms with van der Waals surface area (Å²) in [4.78, 5) is 8.27. The van der Waals surface area contributed by atoms with Gasteiger partial charge < -0.3 is 0 Å². The first-order chi connectivity index (χ1) is 10.1. The molecule has 0 fully saturated rings. The van der Waals surface area contributed by atoms with Gasteiger partial charge in [-0.3, -0.25) is 9.71 Å². The van der Waals surface area contributed by atoms with E-state index in [4.69, 9.17) is 0 Å². The van der Waals surface area contributed by atoms with Gasteiger partial charge in [-0.15, -0.1) is 0 Å². The number of pyridine rings is 2. The fraction of sp³-hybridized carbons (Fsp3) is 0. The third-order valence-corrected chi connectivity index (χ3v) is 4.74. The van der Waals surface area contributed by atoms with Crippen molar-refractivity contribution in [2.45, 2.75) is 4.90 Å². The molecule has 0 atom stereocenters. The molecule has 0 bridgehead atoms. The van der Waals surface area contributed by atoms with Crippen LogP contribution in [0.2, 0.25) is 0 Å².